The number of carbonyl (C=O) groups excluding carboxylic acids is 1. The Bertz CT molecular complexity index is 997. The Balaban J connectivity index is 1.72. The summed E-state index contributed by atoms with van der Waals surface area (Å²) >= 11 is 0. The molecule has 3 aromatic rings. The summed E-state index contributed by atoms with van der Waals surface area (Å²) in [5, 5.41) is 0.669. The molecule has 0 saturated carbocycles. The van der Waals surface area contributed by atoms with Gasteiger partial charge in [0.2, 0.25) is 0 Å². The minimum absolute atomic E-state index is 0.0513. The second-order valence-corrected chi connectivity index (χ2v) is 7.02. The quantitative estimate of drug-likeness (QED) is 0.367. The van der Waals surface area contributed by atoms with Gasteiger partial charge in [0.15, 0.2) is 5.78 Å². The molecule has 1 heterocycles. The standard InChI is InChI=1S/C23H25F2NO3/c1-3-4-7-28-8-9-29-23-12-17(24)6-5-16(23)11-22(27)19-14-26-21-13-20(25)15(2)10-18(19)21/h5-6,10,12-14,26H,3-4,7-9,11H2,1-2H3. The van der Waals surface area contributed by atoms with Crippen molar-refractivity contribution >= 4 is 16.7 Å². The molecule has 0 amide bonds. The van der Waals surface area contributed by atoms with Crippen molar-refractivity contribution in [3.63, 3.8) is 0 Å². The van der Waals surface area contributed by atoms with Crippen LogP contribution in [-0.4, -0.2) is 30.6 Å². The molecule has 0 unspecified atom stereocenters. The molecular formula is C23H25F2NO3. The van der Waals surface area contributed by atoms with E-state index in [0.717, 1.165) is 12.8 Å². The van der Waals surface area contributed by atoms with Gasteiger partial charge < -0.3 is 14.5 Å². The van der Waals surface area contributed by atoms with E-state index >= 15 is 0 Å². The van der Waals surface area contributed by atoms with E-state index < -0.39 is 5.82 Å². The number of rotatable bonds is 10. The predicted octanol–water partition coefficient (Wildman–Crippen LogP) is 5.38. The third-order valence-electron chi connectivity index (χ3n) is 4.77. The number of aromatic amines is 1. The summed E-state index contributed by atoms with van der Waals surface area (Å²) in [5.74, 6) is -0.576. The Morgan fingerprint density at radius 1 is 1.10 bits per heavy atom. The largest absolute Gasteiger partial charge is 0.491 e. The van der Waals surface area contributed by atoms with Crippen LogP contribution in [0.1, 0.15) is 41.3 Å². The van der Waals surface area contributed by atoms with Crippen molar-refractivity contribution in [1.82, 2.24) is 4.98 Å². The third-order valence-corrected chi connectivity index (χ3v) is 4.77. The van der Waals surface area contributed by atoms with Gasteiger partial charge in [-0.3, -0.25) is 4.79 Å². The van der Waals surface area contributed by atoms with Crippen molar-refractivity contribution in [3.05, 3.63) is 64.9 Å². The first-order chi connectivity index (χ1) is 14.0. The molecule has 154 valence electrons. The van der Waals surface area contributed by atoms with E-state index in [4.69, 9.17) is 9.47 Å². The number of aromatic nitrogens is 1. The molecular weight excluding hydrogens is 376 g/mol. The SMILES string of the molecule is CCCCOCCOc1cc(F)ccc1CC(=O)c1c[nH]c2cc(F)c(C)cc12. The molecule has 29 heavy (non-hydrogen) atoms. The van der Waals surface area contributed by atoms with Crippen LogP contribution in [0.3, 0.4) is 0 Å². The first-order valence-corrected chi connectivity index (χ1v) is 9.79. The van der Waals surface area contributed by atoms with Crippen LogP contribution in [-0.2, 0) is 11.2 Å². The number of ether oxygens (including phenoxy) is 2. The highest BCUT2D eigenvalue weighted by Gasteiger charge is 2.17. The number of Topliss-reactive ketones (excluding diaryl/α,β-unsaturated/α-hetero) is 1. The summed E-state index contributed by atoms with van der Waals surface area (Å²) < 4.78 is 38.6. The molecule has 3 rings (SSSR count). The fourth-order valence-corrected chi connectivity index (χ4v) is 3.12. The van der Waals surface area contributed by atoms with Gasteiger partial charge >= 0.3 is 0 Å². The average molecular weight is 401 g/mol. The number of benzene rings is 2. The fraction of sp³-hybridized carbons (Fsp3) is 0.348. The zero-order valence-electron chi connectivity index (χ0n) is 16.7. The maximum Gasteiger partial charge on any atom is 0.169 e. The smallest absolute Gasteiger partial charge is 0.169 e. The number of aryl methyl sites for hydroxylation is 1. The van der Waals surface area contributed by atoms with Crippen molar-refractivity contribution < 1.29 is 23.0 Å². The molecule has 0 aliphatic rings. The van der Waals surface area contributed by atoms with Gasteiger partial charge in [0, 0.05) is 47.3 Å². The maximum absolute atomic E-state index is 13.7. The lowest BCUT2D eigenvalue weighted by Gasteiger charge is -2.12. The van der Waals surface area contributed by atoms with Gasteiger partial charge in [-0.25, -0.2) is 8.78 Å². The lowest BCUT2D eigenvalue weighted by atomic mass is 10.0. The second-order valence-electron chi connectivity index (χ2n) is 7.02. The van der Waals surface area contributed by atoms with Gasteiger partial charge in [-0.15, -0.1) is 0 Å². The van der Waals surface area contributed by atoms with Crippen molar-refractivity contribution in [1.29, 1.82) is 0 Å². The Morgan fingerprint density at radius 3 is 2.72 bits per heavy atom. The van der Waals surface area contributed by atoms with Crippen LogP contribution in [0.25, 0.3) is 10.9 Å². The normalized spacial score (nSPS) is 11.2. The first kappa shape index (κ1) is 21.0. The number of fused-ring (bicyclic) bond motifs is 1. The highest BCUT2D eigenvalue weighted by molar-refractivity contribution is 6.08. The van der Waals surface area contributed by atoms with E-state index in [9.17, 15) is 13.6 Å². The van der Waals surface area contributed by atoms with E-state index in [0.29, 0.717) is 46.6 Å². The molecule has 0 saturated heterocycles. The van der Waals surface area contributed by atoms with Crippen LogP contribution in [0.5, 0.6) is 5.75 Å². The van der Waals surface area contributed by atoms with Crippen LogP contribution in [0.15, 0.2) is 36.5 Å². The number of ketones is 1. The first-order valence-electron chi connectivity index (χ1n) is 9.79. The molecule has 1 N–H and O–H groups in total. The Hall–Kier alpha value is -2.73. The van der Waals surface area contributed by atoms with Crippen molar-refractivity contribution in [2.75, 3.05) is 19.8 Å². The monoisotopic (exact) mass is 401 g/mol. The Kier molecular flexibility index (Phi) is 6.99. The Morgan fingerprint density at radius 2 is 1.93 bits per heavy atom. The highest BCUT2D eigenvalue weighted by Crippen LogP contribution is 2.26. The molecule has 0 bridgehead atoms. The highest BCUT2D eigenvalue weighted by atomic mass is 19.1. The van der Waals surface area contributed by atoms with Crippen molar-refractivity contribution in [3.8, 4) is 5.75 Å². The Labute approximate surface area is 168 Å². The minimum atomic E-state index is -0.429. The predicted molar refractivity (Wildman–Crippen MR) is 109 cm³/mol. The van der Waals surface area contributed by atoms with E-state index in [2.05, 4.69) is 11.9 Å². The second kappa shape index (κ2) is 9.65. The third kappa shape index (κ3) is 5.21. The summed E-state index contributed by atoms with van der Waals surface area (Å²) in [6.45, 7) is 5.08. The molecule has 0 spiro atoms. The van der Waals surface area contributed by atoms with Gasteiger partial charge in [-0.05, 0) is 37.1 Å². The molecule has 0 fully saturated rings. The summed E-state index contributed by atoms with van der Waals surface area (Å²) in [6.07, 6.45) is 3.66. The lowest BCUT2D eigenvalue weighted by molar-refractivity contribution is 0.0963. The zero-order chi connectivity index (χ0) is 20.8. The van der Waals surface area contributed by atoms with E-state index in [1.54, 1.807) is 25.3 Å². The average Bonchev–Trinajstić information content (AvgIpc) is 3.09. The number of H-pyrrole nitrogens is 1. The van der Waals surface area contributed by atoms with Crippen molar-refractivity contribution in [2.24, 2.45) is 0 Å². The number of carbonyl (C=O) groups is 1. The van der Waals surface area contributed by atoms with Gasteiger partial charge in [0.1, 0.15) is 24.0 Å². The minimum Gasteiger partial charge on any atom is -0.491 e. The zero-order valence-corrected chi connectivity index (χ0v) is 16.7. The van der Waals surface area contributed by atoms with Crippen molar-refractivity contribution in [2.45, 2.75) is 33.1 Å². The number of unbranched alkanes of at least 4 members (excludes halogenated alkanes) is 1. The van der Waals surface area contributed by atoms with Gasteiger partial charge in [0.25, 0.3) is 0 Å². The van der Waals surface area contributed by atoms with Gasteiger partial charge in [-0.1, -0.05) is 19.4 Å². The molecule has 0 radical (unpaired) electrons. The molecule has 1 aromatic heterocycles. The van der Waals surface area contributed by atoms with Crippen LogP contribution in [0, 0.1) is 18.6 Å². The molecule has 0 aliphatic heterocycles. The van der Waals surface area contributed by atoms with Gasteiger partial charge in [0.05, 0.1) is 6.61 Å². The lowest BCUT2D eigenvalue weighted by Crippen LogP contribution is -2.10. The van der Waals surface area contributed by atoms with E-state index in [1.807, 2.05) is 0 Å². The topological polar surface area (TPSA) is 51.3 Å². The maximum atomic E-state index is 13.7. The van der Waals surface area contributed by atoms with E-state index in [1.165, 1.54) is 18.2 Å². The summed E-state index contributed by atoms with van der Waals surface area (Å²) in [6, 6.07) is 7.18. The summed E-state index contributed by atoms with van der Waals surface area (Å²) in [7, 11) is 0. The van der Waals surface area contributed by atoms with Crippen LogP contribution >= 0.6 is 0 Å². The van der Waals surface area contributed by atoms with Gasteiger partial charge in [-0.2, -0.15) is 0 Å². The van der Waals surface area contributed by atoms with Crippen LogP contribution < -0.4 is 4.74 Å². The molecule has 0 atom stereocenters. The summed E-state index contributed by atoms with van der Waals surface area (Å²) in [4.78, 5) is 15.8. The number of hydrogen-bond acceptors (Lipinski definition) is 3. The van der Waals surface area contributed by atoms with Crippen LogP contribution in [0.4, 0.5) is 8.78 Å². The van der Waals surface area contributed by atoms with E-state index in [-0.39, 0.29) is 24.6 Å². The number of halogens is 2. The fourth-order valence-electron chi connectivity index (χ4n) is 3.12. The summed E-state index contributed by atoms with van der Waals surface area (Å²) in [5.41, 5.74) is 2.11. The molecule has 2 aromatic carbocycles. The molecule has 6 heteroatoms. The number of nitrogens with one attached hydrogen (secondary N) is 1. The van der Waals surface area contributed by atoms with Crippen LogP contribution in [0.2, 0.25) is 0 Å². The molecule has 0 aliphatic carbocycles. The number of hydrogen-bond donors (Lipinski definition) is 1. The molecule has 4 nitrogen and oxygen atoms in total.